The summed E-state index contributed by atoms with van der Waals surface area (Å²) in [5, 5.41) is 4.55. The van der Waals surface area contributed by atoms with E-state index in [0.29, 0.717) is 5.82 Å². The molecular formula is C23H22N4O. The number of aryl methyl sites for hydroxylation is 1. The van der Waals surface area contributed by atoms with Gasteiger partial charge in [-0.3, -0.25) is 4.98 Å². The standard InChI is InChI=1S/C23H22N4O/c1-15-8-9-21(28-3)19(14-15)16(2)25-23-18-6-4-5-7-20(18)26-22(27-23)17-10-12-24-13-11-17/h4-14,16H,1-3H3,(H,25,26,27)/t16-/m1/s1. The molecule has 4 aromatic rings. The van der Waals surface area contributed by atoms with Crippen molar-refractivity contribution in [3.8, 4) is 17.1 Å². The van der Waals surface area contributed by atoms with E-state index in [2.05, 4.69) is 36.3 Å². The Labute approximate surface area is 164 Å². The van der Waals surface area contributed by atoms with Crippen LogP contribution in [0.4, 0.5) is 5.82 Å². The molecule has 0 aliphatic rings. The van der Waals surface area contributed by atoms with Crippen LogP contribution in [0, 0.1) is 6.92 Å². The average Bonchev–Trinajstić information content (AvgIpc) is 2.74. The van der Waals surface area contributed by atoms with Gasteiger partial charge in [0.1, 0.15) is 11.6 Å². The molecule has 0 spiro atoms. The van der Waals surface area contributed by atoms with Crippen molar-refractivity contribution in [1.82, 2.24) is 15.0 Å². The minimum absolute atomic E-state index is 0.0125. The van der Waals surface area contributed by atoms with Crippen LogP contribution in [-0.4, -0.2) is 22.1 Å². The number of hydrogen-bond donors (Lipinski definition) is 1. The fraction of sp³-hybridized carbons (Fsp3) is 0.174. The maximum absolute atomic E-state index is 5.56. The fourth-order valence-corrected chi connectivity index (χ4v) is 3.29. The zero-order valence-corrected chi connectivity index (χ0v) is 16.2. The highest BCUT2D eigenvalue weighted by atomic mass is 16.5. The largest absolute Gasteiger partial charge is 0.496 e. The number of benzene rings is 2. The molecule has 2 aromatic carbocycles. The van der Waals surface area contributed by atoms with Crippen LogP contribution in [0.2, 0.25) is 0 Å². The van der Waals surface area contributed by atoms with Crippen LogP contribution in [0.1, 0.15) is 24.1 Å². The van der Waals surface area contributed by atoms with Gasteiger partial charge in [0, 0.05) is 28.9 Å². The van der Waals surface area contributed by atoms with Crippen LogP contribution in [0.3, 0.4) is 0 Å². The van der Waals surface area contributed by atoms with Crippen LogP contribution in [0.15, 0.2) is 67.0 Å². The number of aromatic nitrogens is 3. The normalized spacial score (nSPS) is 12.0. The van der Waals surface area contributed by atoms with Gasteiger partial charge in [-0.1, -0.05) is 29.8 Å². The maximum atomic E-state index is 5.56. The van der Waals surface area contributed by atoms with Crippen LogP contribution in [0.25, 0.3) is 22.3 Å². The Morgan fingerprint density at radius 1 is 0.964 bits per heavy atom. The number of nitrogens with one attached hydrogen (secondary N) is 1. The Morgan fingerprint density at radius 3 is 2.54 bits per heavy atom. The topological polar surface area (TPSA) is 59.9 Å². The zero-order valence-electron chi connectivity index (χ0n) is 16.2. The Morgan fingerprint density at radius 2 is 1.75 bits per heavy atom. The number of para-hydroxylation sites is 1. The van der Waals surface area contributed by atoms with E-state index in [1.54, 1.807) is 19.5 Å². The molecule has 0 aliphatic carbocycles. The van der Waals surface area contributed by atoms with Crippen molar-refractivity contribution in [3.05, 3.63) is 78.1 Å². The minimum Gasteiger partial charge on any atom is -0.496 e. The second-order valence-corrected chi connectivity index (χ2v) is 6.76. The Hall–Kier alpha value is -3.47. The summed E-state index contributed by atoms with van der Waals surface area (Å²) >= 11 is 0. The van der Waals surface area contributed by atoms with Gasteiger partial charge in [-0.05, 0) is 44.2 Å². The summed E-state index contributed by atoms with van der Waals surface area (Å²) in [6.07, 6.45) is 3.50. The molecule has 0 saturated heterocycles. The number of methoxy groups -OCH3 is 1. The summed E-state index contributed by atoms with van der Waals surface area (Å²) in [4.78, 5) is 13.6. The molecule has 0 aliphatic heterocycles. The summed E-state index contributed by atoms with van der Waals surface area (Å²) in [7, 11) is 1.70. The SMILES string of the molecule is COc1ccc(C)cc1[C@@H](C)Nc1nc(-c2ccncc2)nc2ccccc12. The lowest BCUT2D eigenvalue weighted by Crippen LogP contribution is -2.11. The monoisotopic (exact) mass is 370 g/mol. The van der Waals surface area contributed by atoms with E-state index >= 15 is 0 Å². The highest BCUT2D eigenvalue weighted by Crippen LogP contribution is 2.31. The summed E-state index contributed by atoms with van der Waals surface area (Å²) in [6, 6.07) is 18.1. The van der Waals surface area contributed by atoms with E-state index in [4.69, 9.17) is 14.7 Å². The van der Waals surface area contributed by atoms with Crippen molar-refractivity contribution in [2.24, 2.45) is 0 Å². The van der Waals surface area contributed by atoms with Gasteiger partial charge in [-0.2, -0.15) is 0 Å². The number of ether oxygens (including phenoxy) is 1. The third-order valence-electron chi connectivity index (χ3n) is 4.75. The van der Waals surface area contributed by atoms with Gasteiger partial charge >= 0.3 is 0 Å². The number of hydrogen-bond acceptors (Lipinski definition) is 5. The van der Waals surface area contributed by atoms with Gasteiger partial charge in [0.25, 0.3) is 0 Å². The van der Waals surface area contributed by atoms with Crippen molar-refractivity contribution < 1.29 is 4.74 Å². The molecule has 140 valence electrons. The quantitative estimate of drug-likeness (QED) is 0.524. The molecule has 5 nitrogen and oxygen atoms in total. The van der Waals surface area contributed by atoms with Gasteiger partial charge in [-0.25, -0.2) is 9.97 Å². The second-order valence-electron chi connectivity index (χ2n) is 6.76. The minimum atomic E-state index is 0.0125. The van der Waals surface area contributed by atoms with Crippen molar-refractivity contribution >= 4 is 16.7 Å². The lowest BCUT2D eigenvalue weighted by atomic mass is 10.0. The Bertz CT molecular complexity index is 1110. The molecule has 0 bridgehead atoms. The molecule has 0 saturated carbocycles. The van der Waals surface area contributed by atoms with Crippen LogP contribution in [-0.2, 0) is 0 Å². The first-order valence-electron chi connectivity index (χ1n) is 9.24. The van der Waals surface area contributed by atoms with Crippen LogP contribution in [0.5, 0.6) is 5.75 Å². The summed E-state index contributed by atoms with van der Waals surface area (Å²) in [5.41, 5.74) is 4.12. The smallest absolute Gasteiger partial charge is 0.162 e. The maximum Gasteiger partial charge on any atom is 0.162 e. The molecule has 0 unspecified atom stereocenters. The molecule has 0 amide bonds. The molecular weight excluding hydrogens is 348 g/mol. The number of fused-ring (bicyclic) bond motifs is 1. The van der Waals surface area contributed by atoms with E-state index in [0.717, 1.165) is 33.6 Å². The lowest BCUT2D eigenvalue weighted by Gasteiger charge is -2.20. The van der Waals surface area contributed by atoms with E-state index in [9.17, 15) is 0 Å². The van der Waals surface area contributed by atoms with E-state index < -0.39 is 0 Å². The molecule has 5 heteroatoms. The van der Waals surface area contributed by atoms with Crippen molar-refractivity contribution in [1.29, 1.82) is 0 Å². The Balaban J connectivity index is 1.79. The zero-order chi connectivity index (χ0) is 19.5. The van der Waals surface area contributed by atoms with Gasteiger partial charge in [0.15, 0.2) is 5.82 Å². The van der Waals surface area contributed by atoms with E-state index in [1.807, 2.05) is 42.5 Å². The highest BCUT2D eigenvalue weighted by molar-refractivity contribution is 5.90. The lowest BCUT2D eigenvalue weighted by molar-refractivity contribution is 0.408. The highest BCUT2D eigenvalue weighted by Gasteiger charge is 2.15. The first-order chi connectivity index (χ1) is 13.7. The van der Waals surface area contributed by atoms with Crippen LogP contribution >= 0.6 is 0 Å². The van der Waals surface area contributed by atoms with E-state index in [1.165, 1.54) is 5.56 Å². The number of anilines is 1. The molecule has 2 heterocycles. The molecule has 4 rings (SSSR count). The predicted molar refractivity (Wildman–Crippen MR) is 113 cm³/mol. The molecule has 1 atom stereocenters. The molecule has 1 N–H and O–H groups in total. The fourth-order valence-electron chi connectivity index (χ4n) is 3.29. The van der Waals surface area contributed by atoms with Crippen molar-refractivity contribution in [3.63, 3.8) is 0 Å². The molecule has 0 radical (unpaired) electrons. The third kappa shape index (κ3) is 3.51. The van der Waals surface area contributed by atoms with Crippen molar-refractivity contribution in [2.45, 2.75) is 19.9 Å². The van der Waals surface area contributed by atoms with Gasteiger partial charge in [-0.15, -0.1) is 0 Å². The summed E-state index contributed by atoms with van der Waals surface area (Å²) in [5.74, 6) is 2.33. The second kappa shape index (κ2) is 7.64. The molecule has 28 heavy (non-hydrogen) atoms. The van der Waals surface area contributed by atoms with Crippen molar-refractivity contribution in [2.75, 3.05) is 12.4 Å². The average molecular weight is 370 g/mol. The molecule has 0 fully saturated rings. The third-order valence-corrected chi connectivity index (χ3v) is 4.75. The summed E-state index contributed by atoms with van der Waals surface area (Å²) in [6.45, 7) is 4.19. The van der Waals surface area contributed by atoms with Crippen LogP contribution < -0.4 is 10.1 Å². The van der Waals surface area contributed by atoms with Gasteiger partial charge < -0.3 is 10.1 Å². The molecule has 2 aromatic heterocycles. The Kier molecular flexibility index (Phi) is 4.89. The number of pyridine rings is 1. The number of rotatable bonds is 5. The predicted octanol–water partition coefficient (Wildman–Crippen LogP) is 5.18. The number of nitrogens with zero attached hydrogens (tertiary/aromatic N) is 3. The first-order valence-corrected chi connectivity index (χ1v) is 9.24. The summed E-state index contributed by atoms with van der Waals surface area (Å²) < 4.78 is 5.56. The van der Waals surface area contributed by atoms with Gasteiger partial charge in [0.2, 0.25) is 0 Å². The first kappa shape index (κ1) is 17.9. The van der Waals surface area contributed by atoms with E-state index in [-0.39, 0.29) is 6.04 Å². The van der Waals surface area contributed by atoms with Gasteiger partial charge in [0.05, 0.1) is 18.7 Å².